The number of carbonyl (C=O) groups is 1. The molecule has 1 saturated carbocycles. The second kappa shape index (κ2) is 10.7. The van der Waals surface area contributed by atoms with E-state index in [0.717, 1.165) is 17.5 Å². The summed E-state index contributed by atoms with van der Waals surface area (Å²) in [5.41, 5.74) is -7.21. The van der Waals surface area contributed by atoms with Crippen LogP contribution in [0.1, 0.15) is 35.2 Å². The van der Waals surface area contributed by atoms with Gasteiger partial charge in [0.2, 0.25) is 0 Å². The first-order valence-electron chi connectivity index (χ1n) is 11.3. The number of amides is 1. The number of nitrogens with zero attached hydrogens (tertiary/aromatic N) is 5. The fourth-order valence-corrected chi connectivity index (χ4v) is 4.83. The third-order valence-electron chi connectivity index (χ3n) is 6.12. The molecular weight excluding hydrogens is 614 g/mol. The van der Waals surface area contributed by atoms with E-state index in [1.807, 2.05) is 6.07 Å². The van der Waals surface area contributed by atoms with E-state index < -0.39 is 39.5 Å². The molecule has 0 radical (unpaired) electrons. The fourth-order valence-electron chi connectivity index (χ4n) is 3.98. The Morgan fingerprint density at radius 3 is 2.12 bits per heavy atom. The van der Waals surface area contributed by atoms with Crippen LogP contribution in [-0.2, 0) is 5.67 Å². The van der Waals surface area contributed by atoms with Gasteiger partial charge in [-0.3, -0.25) is 4.79 Å². The third kappa shape index (κ3) is 5.44. The second-order valence-electron chi connectivity index (χ2n) is 8.82. The molecular formula is C24H15Cl3F7N5O. The molecule has 0 spiro atoms. The van der Waals surface area contributed by atoms with Crippen molar-refractivity contribution in [2.24, 2.45) is 0 Å². The number of pyridine rings is 1. The largest absolute Gasteiger partial charge is 0.435 e. The Hall–Kier alpha value is -3.08. The van der Waals surface area contributed by atoms with Gasteiger partial charge in [-0.15, -0.1) is 0 Å². The van der Waals surface area contributed by atoms with Crippen molar-refractivity contribution >= 4 is 40.7 Å². The van der Waals surface area contributed by atoms with Gasteiger partial charge < -0.3 is 4.90 Å². The highest BCUT2D eigenvalue weighted by Crippen LogP contribution is 2.54. The first-order chi connectivity index (χ1) is 18.6. The molecule has 16 heteroatoms. The Balaban J connectivity index is 1.70. The molecule has 0 N–H and O–H groups in total. The Morgan fingerprint density at radius 2 is 1.60 bits per heavy atom. The summed E-state index contributed by atoms with van der Waals surface area (Å²) in [4.78, 5) is 18.7. The fraction of sp³-hybridized carbons (Fsp3) is 0.333. The summed E-state index contributed by atoms with van der Waals surface area (Å²) < 4.78 is 94.6. The minimum Gasteiger partial charge on any atom is -0.335 e. The van der Waals surface area contributed by atoms with Crippen molar-refractivity contribution in [2.75, 3.05) is 6.54 Å². The molecule has 0 saturated heterocycles. The average Bonchev–Trinajstić information content (AvgIpc) is 3.58. The molecule has 1 amide bonds. The normalized spacial score (nSPS) is 14.2. The van der Waals surface area contributed by atoms with Gasteiger partial charge in [0, 0.05) is 41.7 Å². The van der Waals surface area contributed by atoms with Crippen LogP contribution in [0.5, 0.6) is 0 Å². The number of carbonyl (C=O) groups excluding carboxylic acids is 1. The van der Waals surface area contributed by atoms with E-state index in [-0.39, 0.29) is 47.5 Å². The van der Waals surface area contributed by atoms with E-state index >= 15 is 0 Å². The lowest BCUT2D eigenvalue weighted by Crippen LogP contribution is -2.50. The molecule has 0 bridgehead atoms. The van der Waals surface area contributed by atoms with E-state index in [1.54, 1.807) is 0 Å². The Labute approximate surface area is 236 Å². The second-order valence-corrected chi connectivity index (χ2v) is 9.99. The maximum atomic E-state index is 14.5. The van der Waals surface area contributed by atoms with E-state index in [9.17, 15) is 35.5 Å². The summed E-state index contributed by atoms with van der Waals surface area (Å²) >= 11 is 18.1. The predicted molar refractivity (Wildman–Crippen MR) is 131 cm³/mol. The van der Waals surface area contributed by atoms with Crippen molar-refractivity contribution in [1.82, 2.24) is 19.7 Å². The summed E-state index contributed by atoms with van der Waals surface area (Å²) in [7, 11) is 0. The number of nitriles is 1. The maximum absolute atomic E-state index is 14.5. The van der Waals surface area contributed by atoms with Gasteiger partial charge in [0.15, 0.2) is 0 Å². The SMILES string of the molecule is N#CCCN(C(=O)c1cc(-c2cnn(-c3c(Cl)cc(C(F)(C(F)(F)F)C(F)(F)F)cc3Cl)c2)cnc1Cl)C1CC1. The summed E-state index contributed by atoms with van der Waals surface area (Å²) in [6.07, 6.45) is -7.18. The molecule has 1 fully saturated rings. The molecule has 2 heterocycles. The topological polar surface area (TPSA) is 74.8 Å². The summed E-state index contributed by atoms with van der Waals surface area (Å²) in [5.74, 6) is -0.435. The summed E-state index contributed by atoms with van der Waals surface area (Å²) in [5, 5.41) is 11.3. The van der Waals surface area contributed by atoms with Crippen LogP contribution in [0.4, 0.5) is 30.7 Å². The zero-order valence-electron chi connectivity index (χ0n) is 19.8. The molecule has 6 nitrogen and oxygen atoms in total. The molecule has 212 valence electrons. The smallest absolute Gasteiger partial charge is 0.335 e. The number of aromatic nitrogens is 3. The minimum atomic E-state index is -6.35. The third-order valence-corrected chi connectivity index (χ3v) is 7.00. The van der Waals surface area contributed by atoms with Crippen LogP contribution in [0.2, 0.25) is 15.2 Å². The molecule has 2 aromatic heterocycles. The Kier molecular flexibility index (Phi) is 8.01. The lowest BCUT2D eigenvalue weighted by Gasteiger charge is -2.30. The maximum Gasteiger partial charge on any atom is 0.435 e. The molecule has 1 aromatic carbocycles. The Bertz CT molecular complexity index is 1460. The zero-order chi connectivity index (χ0) is 29.6. The van der Waals surface area contributed by atoms with Gasteiger partial charge >= 0.3 is 18.0 Å². The van der Waals surface area contributed by atoms with E-state index in [0.29, 0.717) is 11.1 Å². The Morgan fingerprint density at radius 1 is 1.00 bits per heavy atom. The van der Waals surface area contributed by atoms with Crippen LogP contribution in [0.25, 0.3) is 16.8 Å². The minimum absolute atomic E-state index is 0.0201. The molecule has 0 atom stereocenters. The number of hydrogen-bond acceptors (Lipinski definition) is 4. The van der Waals surface area contributed by atoms with E-state index in [1.165, 1.54) is 29.6 Å². The van der Waals surface area contributed by atoms with Gasteiger partial charge in [-0.2, -0.15) is 36.7 Å². The summed E-state index contributed by atoms with van der Waals surface area (Å²) in [6.45, 7) is 0.203. The van der Waals surface area contributed by atoms with Gasteiger partial charge in [0.1, 0.15) is 10.8 Å². The highest BCUT2D eigenvalue weighted by atomic mass is 35.5. The van der Waals surface area contributed by atoms with Gasteiger partial charge in [-0.05, 0) is 31.0 Å². The molecule has 1 aliphatic rings. The quantitative estimate of drug-likeness (QED) is 0.199. The van der Waals surface area contributed by atoms with Gasteiger partial charge in [0.05, 0.1) is 34.3 Å². The lowest BCUT2D eigenvalue weighted by molar-refractivity contribution is -0.348. The molecule has 0 unspecified atom stereocenters. The van der Waals surface area contributed by atoms with Crippen LogP contribution in [0.3, 0.4) is 0 Å². The van der Waals surface area contributed by atoms with Crippen molar-refractivity contribution < 1.29 is 35.5 Å². The van der Waals surface area contributed by atoms with Crippen molar-refractivity contribution in [3.8, 4) is 22.9 Å². The molecule has 1 aliphatic carbocycles. The van der Waals surface area contributed by atoms with Gasteiger partial charge in [0.25, 0.3) is 5.91 Å². The first kappa shape index (κ1) is 29.9. The monoisotopic (exact) mass is 627 g/mol. The lowest BCUT2D eigenvalue weighted by atomic mass is 9.94. The number of hydrogen-bond donors (Lipinski definition) is 0. The molecule has 0 aliphatic heterocycles. The predicted octanol–water partition coefficient (Wildman–Crippen LogP) is 7.70. The van der Waals surface area contributed by atoms with Gasteiger partial charge in [-0.25, -0.2) is 14.1 Å². The zero-order valence-corrected chi connectivity index (χ0v) is 22.1. The van der Waals surface area contributed by atoms with Crippen LogP contribution >= 0.6 is 34.8 Å². The van der Waals surface area contributed by atoms with E-state index in [4.69, 9.17) is 40.1 Å². The highest BCUT2D eigenvalue weighted by Gasteiger charge is 2.73. The van der Waals surface area contributed by atoms with E-state index in [2.05, 4.69) is 10.1 Å². The number of rotatable bonds is 7. The molecule has 4 rings (SSSR count). The van der Waals surface area contributed by atoms with Crippen molar-refractivity contribution in [2.45, 2.75) is 43.3 Å². The molecule has 3 aromatic rings. The first-order valence-corrected chi connectivity index (χ1v) is 12.4. The van der Waals surface area contributed by atoms with Crippen LogP contribution in [0.15, 0.2) is 36.8 Å². The highest BCUT2D eigenvalue weighted by molar-refractivity contribution is 6.38. The van der Waals surface area contributed by atoms with Crippen molar-refractivity contribution in [3.05, 3.63) is 63.1 Å². The number of benzene rings is 1. The number of halogens is 10. The molecule has 40 heavy (non-hydrogen) atoms. The average molecular weight is 629 g/mol. The standard InChI is InChI=1S/C24H15Cl3F7N5O/c25-17-7-14(22(28,23(29,30)31)24(32,33)34)8-18(26)19(17)39-11-13(10-37-39)12-6-16(20(27)36-9-12)21(40)38(5-1-4-35)15-2-3-15/h6-11,15H,1-3,5H2. The van der Waals surface area contributed by atoms with Crippen LogP contribution in [0, 0.1) is 11.3 Å². The van der Waals surface area contributed by atoms with Gasteiger partial charge in [-0.1, -0.05) is 34.8 Å². The number of alkyl halides is 7. The van der Waals surface area contributed by atoms with Crippen LogP contribution < -0.4 is 0 Å². The summed E-state index contributed by atoms with van der Waals surface area (Å²) in [6, 6.07) is 3.75. The van der Waals surface area contributed by atoms with Crippen molar-refractivity contribution in [1.29, 1.82) is 5.26 Å². The van der Waals surface area contributed by atoms with Crippen molar-refractivity contribution in [3.63, 3.8) is 0 Å². The van der Waals surface area contributed by atoms with Crippen LogP contribution in [-0.4, -0.2) is 50.5 Å².